The summed E-state index contributed by atoms with van der Waals surface area (Å²) in [6.45, 7) is 5.58. The number of hydrogen-bond acceptors (Lipinski definition) is 5. The molecule has 1 aromatic heterocycles. The van der Waals surface area contributed by atoms with E-state index in [4.69, 9.17) is 9.52 Å². The number of sulfone groups is 1. The third kappa shape index (κ3) is 3.35. The van der Waals surface area contributed by atoms with E-state index in [2.05, 4.69) is 0 Å². The summed E-state index contributed by atoms with van der Waals surface area (Å²) < 4.78 is 31.3. The molecule has 0 saturated heterocycles. The summed E-state index contributed by atoms with van der Waals surface area (Å²) in [5, 5.41) is 9.42. The van der Waals surface area contributed by atoms with Gasteiger partial charge < -0.3 is 9.52 Å². The minimum Gasteiger partial charge on any atom is -0.478 e. The van der Waals surface area contributed by atoms with Crippen LogP contribution in [0.2, 0.25) is 0 Å². The molecule has 142 valence electrons. The van der Waals surface area contributed by atoms with E-state index in [1.807, 2.05) is 13.8 Å². The molecule has 1 heterocycles. The van der Waals surface area contributed by atoms with Crippen molar-refractivity contribution >= 4 is 37.7 Å². The fraction of sp³-hybridized carbons (Fsp3) is 0.300. The van der Waals surface area contributed by atoms with Crippen molar-refractivity contribution in [3.63, 3.8) is 0 Å². The SMILES string of the molecule is CCCS(=O)(=O)c1cc(C(C)C)cc2c(=O)c3cc(C(=O)O)ccc3oc12. The highest BCUT2D eigenvalue weighted by Gasteiger charge is 2.23. The van der Waals surface area contributed by atoms with Crippen molar-refractivity contribution in [3.8, 4) is 0 Å². The van der Waals surface area contributed by atoms with Gasteiger partial charge in [0.25, 0.3) is 0 Å². The third-order valence-electron chi connectivity index (χ3n) is 4.48. The van der Waals surface area contributed by atoms with Gasteiger partial charge in [-0.1, -0.05) is 20.8 Å². The lowest BCUT2D eigenvalue weighted by Gasteiger charge is -2.13. The molecule has 27 heavy (non-hydrogen) atoms. The number of benzene rings is 2. The molecule has 0 fully saturated rings. The maximum Gasteiger partial charge on any atom is 0.335 e. The van der Waals surface area contributed by atoms with Crippen LogP contribution in [0.4, 0.5) is 0 Å². The normalized spacial score (nSPS) is 12.1. The van der Waals surface area contributed by atoms with Crippen molar-refractivity contribution in [3.05, 3.63) is 51.7 Å². The number of carboxylic acid groups (broad SMARTS) is 1. The zero-order valence-corrected chi connectivity index (χ0v) is 16.1. The van der Waals surface area contributed by atoms with Gasteiger partial charge in [-0.3, -0.25) is 4.79 Å². The van der Waals surface area contributed by atoms with Gasteiger partial charge in [0, 0.05) is 0 Å². The molecule has 0 aliphatic rings. The number of rotatable bonds is 5. The Morgan fingerprint density at radius 3 is 2.44 bits per heavy atom. The molecule has 0 unspecified atom stereocenters. The quantitative estimate of drug-likeness (QED) is 0.664. The largest absolute Gasteiger partial charge is 0.478 e. The highest BCUT2D eigenvalue weighted by molar-refractivity contribution is 7.91. The van der Waals surface area contributed by atoms with Crippen LogP contribution in [-0.2, 0) is 9.84 Å². The topological polar surface area (TPSA) is 102 Å². The van der Waals surface area contributed by atoms with Gasteiger partial charge in [-0.05, 0) is 48.2 Å². The van der Waals surface area contributed by atoms with E-state index in [9.17, 15) is 18.0 Å². The molecule has 0 spiro atoms. The van der Waals surface area contributed by atoms with E-state index < -0.39 is 21.2 Å². The van der Waals surface area contributed by atoms with Gasteiger partial charge in [-0.15, -0.1) is 0 Å². The second-order valence-electron chi connectivity index (χ2n) is 6.82. The Hall–Kier alpha value is -2.67. The Morgan fingerprint density at radius 1 is 1.15 bits per heavy atom. The van der Waals surface area contributed by atoms with Crippen LogP contribution in [0.25, 0.3) is 21.9 Å². The maximum absolute atomic E-state index is 13.0. The number of fused-ring (bicyclic) bond motifs is 2. The Kier molecular flexibility index (Phi) is 4.82. The Bertz CT molecular complexity index is 1220. The highest BCUT2D eigenvalue weighted by atomic mass is 32.2. The summed E-state index contributed by atoms with van der Waals surface area (Å²) in [5.41, 5.74) is 0.409. The summed E-state index contributed by atoms with van der Waals surface area (Å²) in [6, 6.07) is 7.15. The van der Waals surface area contributed by atoms with Gasteiger partial charge in [0.2, 0.25) is 5.43 Å². The van der Waals surface area contributed by atoms with Crippen LogP contribution < -0.4 is 5.43 Å². The predicted octanol–water partition coefficient (Wildman–Crippen LogP) is 3.95. The summed E-state index contributed by atoms with van der Waals surface area (Å²) in [7, 11) is -3.63. The monoisotopic (exact) mass is 388 g/mol. The number of aromatic carboxylic acids is 1. The maximum atomic E-state index is 13.0. The van der Waals surface area contributed by atoms with Crippen molar-refractivity contribution in [1.29, 1.82) is 0 Å². The second kappa shape index (κ2) is 6.81. The zero-order valence-electron chi connectivity index (χ0n) is 15.3. The second-order valence-corrected chi connectivity index (χ2v) is 8.89. The molecular formula is C20H20O6S. The lowest BCUT2D eigenvalue weighted by atomic mass is 10.0. The van der Waals surface area contributed by atoms with Crippen LogP contribution in [0.5, 0.6) is 0 Å². The first-order chi connectivity index (χ1) is 12.7. The molecule has 6 nitrogen and oxygen atoms in total. The standard InChI is InChI=1S/C20H20O6S/c1-4-7-27(24,25)17-10-13(11(2)3)9-15-18(21)14-8-12(20(22)23)5-6-16(14)26-19(15)17/h5-6,8-11H,4,7H2,1-3H3,(H,22,23). The molecular weight excluding hydrogens is 368 g/mol. The number of carboxylic acids is 1. The van der Waals surface area contributed by atoms with E-state index in [0.29, 0.717) is 12.0 Å². The molecule has 0 saturated carbocycles. The van der Waals surface area contributed by atoms with Gasteiger partial charge in [-0.2, -0.15) is 0 Å². The minimum atomic E-state index is -3.63. The molecule has 7 heteroatoms. The van der Waals surface area contributed by atoms with E-state index in [1.54, 1.807) is 19.1 Å². The molecule has 0 atom stereocenters. The van der Waals surface area contributed by atoms with Gasteiger partial charge in [0.05, 0.1) is 22.1 Å². The van der Waals surface area contributed by atoms with Gasteiger partial charge in [0.15, 0.2) is 15.4 Å². The summed E-state index contributed by atoms with van der Waals surface area (Å²) in [5.74, 6) is -1.20. The molecule has 0 aliphatic heterocycles. The molecule has 2 aromatic carbocycles. The van der Waals surface area contributed by atoms with Crippen molar-refractivity contribution in [2.24, 2.45) is 0 Å². The lowest BCUT2D eigenvalue weighted by molar-refractivity contribution is 0.0697. The van der Waals surface area contributed by atoms with Gasteiger partial charge in [0.1, 0.15) is 10.5 Å². The summed E-state index contributed by atoms with van der Waals surface area (Å²) in [6.07, 6.45) is 0.440. The van der Waals surface area contributed by atoms with Crippen LogP contribution in [0.1, 0.15) is 49.0 Å². The molecule has 3 rings (SSSR count). The van der Waals surface area contributed by atoms with Crippen molar-refractivity contribution < 1.29 is 22.7 Å². The number of carbonyl (C=O) groups is 1. The van der Waals surface area contributed by atoms with Crippen LogP contribution in [-0.4, -0.2) is 25.2 Å². The van der Waals surface area contributed by atoms with E-state index in [-0.39, 0.29) is 44.1 Å². The summed E-state index contributed by atoms with van der Waals surface area (Å²) in [4.78, 5) is 24.2. The third-order valence-corrected chi connectivity index (χ3v) is 6.40. The fourth-order valence-corrected chi connectivity index (χ4v) is 4.53. The molecule has 0 bridgehead atoms. The van der Waals surface area contributed by atoms with Crippen LogP contribution >= 0.6 is 0 Å². The molecule has 0 amide bonds. The first-order valence-electron chi connectivity index (χ1n) is 8.66. The van der Waals surface area contributed by atoms with Crippen LogP contribution in [0.3, 0.4) is 0 Å². The molecule has 1 N–H and O–H groups in total. The first kappa shape index (κ1) is 19.1. The fourth-order valence-electron chi connectivity index (χ4n) is 3.03. The predicted molar refractivity (Wildman–Crippen MR) is 103 cm³/mol. The highest BCUT2D eigenvalue weighted by Crippen LogP contribution is 2.30. The average Bonchev–Trinajstić information content (AvgIpc) is 2.60. The number of hydrogen-bond donors (Lipinski definition) is 1. The first-order valence-corrected chi connectivity index (χ1v) is 10.3. The molecule has 0 radical (unpaired) electrons. The molecule has 3 aromatic rings. The van der Waals surface area contributed by atoms with Crippen LogP contribution in [0, 0.1) is 0 Å². The van der Waals surface area contributed by atoms with E-state index in [0.717, 1.165) is 0 Å². The van der Waals surface area contributed by atoms with E-state index >= 15 is 0 Å². The lowest BCUT2D eigenvalue weighted by Crippen LogP contribution is -2.11. The van der Waals surface area contributed by atoms with Crippen molar-refractivity contribution in [2.45, 2.75) is 38.0 Å². The van der Waals surface area contributed by atoms with Gasteiger partial charge in [-0.25, -0.2) is 13.2 Å². The Labute approximate surface area is 156 Å². The van der Waals surface area contributed by atoms with Gasteiger partial charge >= 0.3 is 5.97 Å². The minimum absolute atomic E-state index is 0.00503. The summed E-state index contributed by atoms with van der Waals surface area (Å²) >= 11 is 0. The van der Waals surface area contributed by atoms with Crippen LogP contribution in [0.15, 0.2) is 44.4 Å². The Balaban J connectivity index is 2.49. The van der Waals surface area contributed by atoms with E-state index in [1.165, 1.54) is 18.2 Å². The smallest absolute Gasteiger partial charge is 0.335 e. The average molecular weight is 388 g/mol. The van der Waals surface area contributed by atoms with Crippen molar-refractivity contribution in [2.75, 3.05) is 5.75 Å². The Morgan fingerprint density at radius 2 is 1.85 bits per heavy atom. The molecule has 0 aliphatic carbocycles. The zero-order chi connectivity index (χ0) is 19.9. The van der Waals surface area contributed by atoms with Crippen molar-refractivity contribution in [1.82, 2.24) is 0 Å².